The van der Waals surface area contributed by atoms with Crippen molar-refractivity contribution in [3.05, 3.63) is 64.1 Å². The quantitative estimate of drug-likeness (QED) is 0.737. The molecule has 1 amide bonds. The number of nitrogens with zero attached hydrogens (tertiary/aromatic N) is 4. The Hall–Kier alpha value is -3.22. The van der Waals surface area contributed by atoms with Gasteiger partial charge in [0.25, 0.3) is 5.56 Å². The SMILES string of the molecule is Cc1ccc(CNC(=O)C2CCN(c3nc4cccnc4n(C)c3=O)CC2)cc1. The fraction of sp³-hybridized carbons (Fsp3) is 0.364. The van der Waals surface area contributed by atoms with Crippen LogP contribution in [0, 0.1) is 12.8 Å². The van der Waals surface area contributed by atoms with E-state index in [9.17, 15) is 9.59 Å². The van der Waals surface area contributed by atoms with Gasteiger partial charge in [0.1, 0.15) is 5.52 Å². The monoisotopic (exact) mass is 391 g/mol. The maximum Gasteiger partial charge on any atom is 0.294 e. The molecule has 0 saturated carbocycles. The first-order chi connectivity index (χ1) is 14.0. The summed E-state index contributed by atoms with van der Waals surface area (Å²) in [6, 6.07) is 11.8. The Morgan fingerprint density at radius 1 is 1.17 bits per heavy atom. The third-order valence-corrected chi connectivity index (χ3v) is 5.56. The summed E-state index contributed by atoms with van der Waals surface area (Å²) in [7, 11) is 1.72. The lowest BCUT2D eigenvalue weighted by atomic mass is 9.96. The minimum atomic E-state index is -0.154. The summed E-state index contributed by atoms with van der Waals surface area (Å²) >= 11 is 0. The Kier molecular flexibility index (Phi) is 5.29. The number of hydrogen-bond donors (Lipinski definition) is 1. The number of piperidine rings is 1. The van der Waals surface area contributed by atoms with Gasteiger partial charge >= 0.3 is 0 Å². The van der Waals surface area contributed by atoms with Gasteiger partial charge in [0.2, 0.25) is 5.91 Å². The zero-order valence-electron chi connectivity index (χ0n) is 16.8. The number of aromatic nitrogens is 3. The predicted octanol–water partition coefficient (Wildman–Crippen LogP) is 2.17. The smallest absolute Gasteiger partial charge is 0.294 e. The number of benzene rings is 1. The Morgan fingerprint density at radius 3 is 2.62 bits per heavy atom. The van der Waals surface area contributed by atoms with Crippen LogP contribution in [0.2, 0.25) is 0 Å². The molecule has 0 spiro atoms. The van der Waals surface area contributed by atoms with Crippen molar-refractivity contribution in [2.45, 2.75) is 26.3 Å². The number of aryl methyl sites for hydroxylation is 2. The van der Waals surface area contributed by atoms with Crippen LogP contribution in [-0.4, -0.2) is 33.5 Å². The highest BCUT2D eigenvalue weighted by Gasteiger charge is 2.27. The minimum Gasteiger partial charge on any atom is -0.352 e. The highest BCUT2D eigenvalue weighted by molar-refractivity contribution is 5.79. The van der Waals surface area contributed by atoms with Crippen LogP contribution in [0.4, 0.5) is 5.82 Å². The standard InChI is InChI=1S/C22H25N5O2/c1-15-5-7-16(8-6-15)14-24-21(28)17-9-12-27(13-10-17)20-22(29)26(2)19-18(25-20)4-3-11-23-19/h3-8,11,17H,9-10,12-14H2,1-2H3,(H,24,28). The van der Waals surface area contributed by atoms with E-state index in [1.807, 2.05) is 48.2 Å². The zero-order chi connectivity index (χ0) is 20.4. The molecule has 29 heavy (non-hydrogen) atoms. The van der Waals surface area contributed by atoms with Gasteiger partial charge in [0, 0.05) is 38.8 Å². The summed E-state index contributed by atoms with van der Waals surface area (Å²) in [5.74, 6) is 0.475. The van der Waals surface area contributed by atoms with Crippen molar-refractivity contribution in [2.24, 2.45) is 13.0 Å². The summed E-state index contributed by atoms with van der Waals surface area (Å²) in [5, 5.41) is 3.04. The zero-order valence-corrected chi connectivity index (χ0v) is 16.8. The van der Waals surface area contributed by atoms with Crippen molar-refractivity contribution in [1.29, 1.82) is 0 Å². The average molecular weight is 391 g/mol. The molecule has 0 radical (unpaired) electrons. The molecule has 1 aromatic carbocycles. The molecule has 4 rings (SSSR count). The van der Waals surface area contributed by atoms with E-state index in [-0.39, 0.29) is 17.4 Å². The molecule has 150 valence electrons. The molecule has 0 unspecified atom stereocenters. The van der Waals surface area contributed by atoms with Crippen molar-refractivity contribution in [2.75, 3.05) is 18.0 Å². The number of fused-ring (bicyclic) bond motifs is 1. The van der Waals surface area contributed by atoms with E-state index in [1.54, 1.807) is 13.2 Å². The van der Waals surface area contributed by atoms with E-state index in [0.717, 1.165) is 5.56 Å². The average Bonchev–Trinajstić information content (AvgIpc) is 2.76. The number of amides is 1. The van der Waals surface area contributed by atoms with E-state index >= 15 is 0 Å². The second kappa shape index (κ2) is 8.03. The van der Waals surface area contributed by atoms with Crippen molar-refractivity contribution < 1.29 is 4.79 Å². The molecule has 7 nitrogen and oxygen atoms in total. The van der Waals surface area contributed by atoms with Gasteiger partial charge in [-0.05, 0) is 37.5 Å². The number of carbonyl (C=O) groups is 1. The third kappa shape index (κ3) is 3.99. The molecule has 1 N–H and O–H groups in total. The molecule has 1 aliphatic rings. The van der Waals surface area contributed by atoms with E-state index in [4.69, 9.17) is 0 Å². The normalized spacial score (nSPS) is 14.9. The first kappa shape index (κ1) is 19.1. The first-order valence-corrected chi connectivity index (χ1v) is 9.93. The van der Waals surface area contributed by atoms with Crippen molar-refractivity contribution in [3.8, 4) is 0 Å². The summed E-state index contributed by atoms with van der Waals surface area (Å²) in [5.41, 5.74) is 3.42. The summed E-state index contributed by atoms with van der Waals surface area (Å²) < 4.78 is 1.54. The molecular formula is C22H25N5O2. The Balaban J connectivity index is 1.40. The molecule has 1 aliphatic heterocycles. The van der Waals surface area contributed by atoms with Crippen molar-refractivity contribution in [1.82, 2.24) is 19.9 Å². The third-order valence-electron chi connectivity index (χ3n) is 5.56. The van der Waals surface area contributed by atoms with Crippen molar-refractivity contribution in [3.63, 3.8) is 0 Å². The van der Waals surface area contributed by atoms with E-state index in [0.29, 0.717) is 49.5 Å². The highest BCUT2D eigenvalue weighted by atomic mass is 16.2. The summed E-state index contributed by atoms with van der Waals surface area (Å²) in [6.45, 7) is 3.86. The van der Waals surface area contributed by atoms with Crippen LogP contribution in [-0.2, 0) is 18.4 Å². The van der Waals surface area contributed by atoms with Crippen LogP contribution < -0.4 is 15.8 Å². The number of anilines is 1. The largest absolute Gasteiger partial charge is 0.352 e. The Morgan fingerprint density at radius 2 is 1.90 bits per heavy atom. The van der Waals surface area contributed by atoms with E-state index in [1.165, 1.54) is 10.1 Å². The van der Waals surface area contributed by atoms with Crippen LogP contribution >= 0.6 is 0 Å². The van der Waals surface area contributed by atoms with Gasteiger partial charge in [-0.3, -0.25) is 14.2 Å². The lowest BCUT2D eigenvalue weighted by Gasteiger charge is -2.31. The first-order valence-electron chi connectivity index (χ1n) is 9.93. The molecule has 0 aliphatic carbocycles. The van der Waals surface area contributed by atoms with Gasteiger partial charge in [-0.2, -0.15) is 0 Å². The van der Waals surface area contributed by atoms with Gasteiger partial charge in [-0.15, -0.1) is 0 Å². The molecule has 2 aromatic heterocycles. The van der Waals surface area contributed by atoms with E-state index in [2.05, 4.69) is 15.3 Å². The molecular weight excluding hydrogens is 366 g/mol. The minimum absolute atomic E-state index is 0.0392. The Bertz CT molecular complexity index is 1080. The molecule has 3 heterocycles. The molecule has 7 heteroatoms. The van der Waals surface area contributed by atoms with Crippen LogP contribution in [0.25, 0.3) is 11.2 Å². The number of carbonyl (C=O) groups excluding carboxylic acids is 1. The van der Waals surface area contributed by atoms with Crippen LogP contribution in [0.3, 0.4) is 0 Å². The molecule has 1 fully saturated rings. The fourth-order valence-electron chi connectivity index (χ4n) is 3.74. The van der Waals surface area contributed by atoms with Gasteiger partial charge in [-0.25, -0.2) is 9.97 Å². The van der Waals surface area contributed by atoms with Crippen LogP contribution in [0.15, 0.2) is 47.4 Å². The maximum atomic E-state index is 12.7. The predicted molar refractivity (Wildman–Crippen MR) is 113 cm³/mol. The lowest BCUT2D eigenvalue weighted by molar-refractivity contribution is -0.125. The molecule has 0 atom stereocenters. The van der Waals surface area contributed by atoms with Crippen LogP contribution in [0.1, 0.15) is 24.0 Å². The number of rotatable bonds is 4. The second-order valence-corrected chi connectivity index (χ2v) is 7.61. The summed E-state index contributed by atoms with van der Waals surface area (Å²) in [6.07, 6.45) is 3.06. The fourth-order valence-corrected chi connectivity index (χ4v) is 3.74. The molecule has 1 saturated heterocycles. The van der Waals surface area contributed by atoms with E-state index < -0.39 is 0 Å². The molecule has 3 aromatic rings. The highest BCUT2D eigenvalue weighted by Crippen LogP contribution is 2.21. The van der Waals surface area contributed by atoms with Gasteiger partial charge < -0.3 is 10.2 Å². The molecule has 0 bridgehead atoms. The summed E-state index contributed by atoms with van der Waals surface area (Å²) in [4.78, 5) is 36.0. The number of pyridine rings is 1. The second-order valence-electron chi connectivity index (χ2n) is 7.61. The van der Waals surface area contributed by atoms with Crippen LogP contribution in [0.5, 0.6) is 0 Å². The van der Waals surface area contributed by atoms with Gasteiger partial charge in [-0.1, -0.05) is 29.8 Å². The Labute approximate surface area is 169 Å². The maximum absolute atomic E-state index is 12.7. The topological polar surface area (TPSA) is 80.1 Å². The number of nitrogens with one attached hydrogen (secondary N) is 1. The van der Waals surface area contributed by atoms with Gasteiger partial charge in [0.05, 0.1) is 0 Å². The van der Waals surface area contributed by atoms with Gasteiger partial charge in [0.15, 0.2) is 11.5 Å². The lowest BCUT2D eigenvalue weighted by Crippen LogP contribution is -2.43. The van der Waals surface area contributed by atoms with Crippen molar-refractivity contribution >= 4 is 22.9 Å². The number of hydrogen-bond acceptors (Lipinski definition) is 5.